The molecule has 0 radical (unpaired) electrons. The minimum atomic E-state index is 0.596. The molecule has 0 aromatic carbocycles. The van der Waals surface area contributed by atoms with Gasteiger partial charge in [-0.05, 0) is 37.7 Å². The molecule has 0 aliphatic carbocycles. The first-order chi connectivity index (χ1) is 7.34. The van der Waals surface area contributed by atoms with Crippen molar-refractivity contribution in [3.63, 3.8) is 0 Å². The van der Waals surface area contributed by atoms with Crippen LogP contribution in [0, 0.1) is 0 Å². The first kappa shape index (κ1) is 11.1. The van der Waals surface area contributed by atoms with Crippen LogP contribution in [-0.4, -0.2) is 23.6 Å². The van der Waals surface area contributed by atoms with Gasteiger partial charge >= 0.3 is 0 Å². The average molecular weight is 225 g/mol. The van der Waals surface area contributed by atoms with E-state index in [2.05, 4.69) is 30.1 Å². The van der Waals surface area contributed by atoms with E-state index < -0.39 is 0 Å². The maximum absolute atomic E-state index is 5.32. The number of aryl methyl sites for hydroxylation is 1. The normalized spacial score (nSPS) is 23.1. The number of hydrogen-bond donors (Lipinski definition) is 1. The highest BCUT2D eigenvalue weighted by Crippen LogP contribution is 2.18. The van der Waals surface area contributed by atoms with Crippen LogP contribution in [-0.2, 0) is 6.42 Å². The molecule has 1 aliphatic rings. The van der Waals surface area contributed by atoms with Crippen molar-refractivity contribution in [2.24, 2.45) is 0 Å². The molecule has 15 heavy (non-hydrogen) atoms. The molecule has 3 heteroatoms. The fraction of sp³-hybridized carbons (Fsp3) is 0.667. The van der Waals surface area contributed by atoms with Gasteiger partial charge in [0.05, 0.1) is 6.26 Å². The Bertz CT molecular complexity index is 267. The fourth-order valence-corrected chi connectivity index (χ4v) is 3.13. The molecule has 0 spiro atoms. The Hall–Kier alpha value is -0.410. The van der Waals surface area contributed by atoms with Gasteiger partial charge < -0.3 is 9.73 Å². The summed E-state index contributed by atoms with van der Waals surface area (Å²) in [6.45, 7) is 2.27. The maximum atomic E-state index is 5.32. The number of nitrogens with one attached hydrogen (secondary N) is 1. The summed E-state index contributed by atoms with van der Waals surface area (Å²) in [7, 11) is 0. The van der Waals surface area contributed by atoms with Gasteiger partial charge in [0.15, 0.2) is 0 Å². The van der Waals surface area contributed by atoms with Gasteiger partial charge in [-0.1, -0.05) is 0 Å². The van der Waals surface area contributed by atoms with Gasteiger partial charge in [-0.3, -0.25) is 0 Å². The monoisotopic (exact) mass is 225 g/mol. The standard InChI is InChI=1S/C12H19NOS/c1-10(13-11-6-8-15-9-11)4-5-12-3-2-7-14-12/h2-3,7,10-11,13H,4-6,8-9H2,1H3. The second-order valence-electron chi connectivity index (χ2n) is 4.25. The predicted molar refractivity (Wildman–Crippen MR) is 65.4 cm³/mol. The third-order valence-corrected chi connectivity index (χ3v) is 4.02. The summed E-state index contributed by atoms with van der Waals surface area (Å²) in [6.07, 6.45) is 5.28. The molecule has 1 aliphatic heterocycles. The molecule has 0 saturated carbocycles. The molecule has 2 unspecified atom stereocenters. The molecule has 1 aromatic heterocycles. The Kier molecular flexibility index (Phi) is 4.15. The van der Waals surface area contributed by atoms with E-state index in [1.807, 2.05) is 6.07 Å². The molecule has 0 amide bonds. The van der Waals surface area contributed by atoms with E-state index in [-0.39, 0.29) is 0 Å². The summed E-state index contributed by atoms with van der Waals surface area (Å²) in [5, 5.41) is 3.68. The van der Waals surface area contributed by atoms with E-state index in [4.69, 9.17) is 4.42 Å². The molecule has 2 atom stereocenters. The minimum Gasteiger partial charge on any atom is -0.469 e. The summed E-state index contributed by atoms with van der Waals surface area (Å²) in [5.74, 6) is 3.71. The Morgan fingerprint density at radius 2 is 2.60 bits per heavy atom. The van der Waals surface area contributed by atoms with Crippen LogP contribution in [0.3, 0.4) is 0 Å². The van der Waals surface area contributed by atoms with Crippen molar-refractivity contribution in [2.75, 3.05) is 11.5 Å². The lowest BCUT2D eigenvalue weighted by Crippen LogP contribution is -2.36. The first-order valence-corrected chi connectivity index (χ1v) is 6.86. The van der Waals surface area contributed by atoms with E-state index in [1.165, 1.54) is 17.9 Å². The van der Waals surface area contributed by atoms with E-state index in [0.717, 1.165) is 24.6 Å². The second kappa shape index (κ2) is 5.61. The number of hydrogen-bond acceptors (Lipinski definition) is 3. The van der Waals surface area contributed by atoms with Gasteiger partial charge in [0.25, 0.3) is 0 Å². The lowest BCUT2D eigenvalue weighted by Gasteiger charge is -2.18. The zero-order valence-corrected chi connectivity index (χ0v) is 10.1. The van der Waals surface area contributed by atoms with Crippen molar-refractivity contribution in [1.29, 1.82) is 0 Å². The van der Waals surface area contributed by atoms with Crippen molar-refractivity contribution in [3.05, 3.63) is 24.2 Å². The third-order valence-electron chi connectivity index (χ3n) is 2.85. The molecule has 1 aromatic rings. The maximum Gasteiger partial charge on any atom is 0.103 e. The fourth-order valence-electron chi connectivity index (χ4n) is 1.97. The summed E-state index contributed by atoms with van der Waals surface area (Å²) >= 11 is 2.06. The Labute approximate surface area is 95.8 Å². The molecule has 0 bridgehead atoms. The van der Waals surface area contributed by atoms with Crippen LogP contribution in [0.15, 0.2) is 22.8 Å². The van der Waals surface area contributed by atoms with E-state index in [9.17, 15) is 0 Å². The first-order valence-electron chi connectivity index (χ1n) is 5.71. The molecule has 2 heterocycles. The van der Waals surface area contributed by atoms with Gasteiger partial charge in [0.1, 0.15) is 5.76 Å². The largest absolute Gasteiger partial charge is 0.469 e. The Balaban J connectivity index is 1.66. The highest BCUT2D eigenvalue weighted by atomic mass is 32.2. The Morgan fingerprint density at radius 1 is 1.67 bits per heavy atom. The molecule has 2 nitrogen and oxygen atoms in total. The molecular weight excluding hydrogens is 206 g/mol. The quantitative estimate of drug-likeness (QED) is 0.834. The lowest BCUT2D eigenvalue weighted by atomic mass is 10.1. The van der Waals surface area contributed by atoms with Gasteiger partial charge in [0, 0.05) is 24.3 Å². The lowest BCUT2D eigenvalue weighted by molar-refractivity contribution is 0.428. The van der Waals surface area contributed by atoms with Crippen LogP contribution in [0.25, 0.3) is 0 Å². The van der Waals surface area contributed by atoms with Gasteiger partial charge in [0.2, 0.25) is 0 Å². The van der Waals surface area contributed by atoms with Gasteiger partial charge in [-0.2, -0.15) is 11.8 Å². The summed E-state index contributed by atoms with van der Waals surface area (Å²) in [5.41, 5.74) is 0. The van der Waals surface area contributed by atoms with Crippen molar-refractivity contribution in [3.8, 4) is 0 Å². The van der Waals surface area contributed by atoms with E-state index in [1.54, 1.807) is 6.26 Å². The zero-order valence-electron chi connectivity index (χ0n) is 9.24. The van der Waals surface area contributed by atoms with Gasteiger partial charge in [-0.25, -0.2) is 0 Å². The van der Waals surface area contributed by atoms with E-state index >= 15 is 0 Å². The van der Waals surface area contributed by atoms with Crippen molar-refractivity contribution in [2.45, 2.75) is 38.3 Å². The van der Waals surface area contributed by atoms with Crippen LogP contribution >= 0.6 is 11.8 Å². The van der Waals surface area contributed by atoms with Crippen molar-refractivity contribution in [1.82, 2.24) is 5.32 Å². The van der Waals surface area contributed by atoms with Crippen molar-refractivity contribution < 1.29 is 4.42 Å². The van der Waals surface area contributed by atoms with Crippen LogP contribution in [0.1, 0.15) is 25.5 Å². The Morgan fingerprint density at radius 3 is 3.27 bits per heavy atom. The highest BCUT2D eigenvalue weighted by Gasteiger charge is 2.17. The summed E-state index contributed by atoms with van der Waals surface area (Å²) < 4.78 is 5.32. The van der Waals surface area contributed by atoms with Crippen LogP contribution < -0.4 is 5.32 Å². The topological polar surface area (TPSA) is 25.2 Å². The number of thioether (sulfide) groups is 1. The zero-order chi connectivity index (χ0) is 10.5. The van der Waals surface area contributed by atoms with Crippen LogP contribution in [0.2, 0.25) is 0 Å². The molecule has 84 valence electrons. The van der Waals surface area contributed by atoms with Crippen LogP contribution in [0.5, 0.6) is 0 Å². The SMILES string of the molecule is CC(CCc1ccco1)NC1CCSC1. The number of furan rings is 1. The number of rotatable bonds is 5. The highest BCUT2D eigenvalue weighted by molar-refractivity contribution is 7.99. The smallest absolute Gasteiger partial charge is 0.103 e. The molecular formula is C12H19NOS. The van der Waals surface area contributed by atoms with Crippen LogP contribution in [0.4, 0.5) is 0 Å². The average Bonchev–Trinajstić information content (AvgIpc) is 2.86. The summed E-state index contributed by atoms with van der Waals surface area (Å²) in [4.78, 5) is 0. The van der Waals surface area contributed by atoms with E-state index in [0.29, 0.717) is 6.04 Å². The minimum absolute atomic E-state index is 0.596. The third kappa shape index (κ3) is 3.58. The molecule has 1 N–H and O–H groups in total. The van der Waals surface area contributed by atoms with Crippen molar-refractivity contribution >= 4 is 11.8 Å². The molecule has 2 rings (SSSR count). The molecule has 1 saturated heterocycles. The molecule has 1 fully saturated rings. The van der Waals surface area contributed by atoms with Gasteiger partial charge in [-0.15, -0.1) is 0 Å². The summed E-state index contributed by atoms with van der Waals surface area (Å²) in [6, 6.07) is 5.35. The predicted octanol–water partition coefficient (Wildman–Crippen LogP) is 2.70. The second-order valence-corrected chi connectivity index (χ2v) is 5.40.